The highest BCUT2D eigenvalue weighted by Gasteiger charge is 2.41. The van der Waals surface area contributed by atoms with E-state index in [1.54, 1.807) is 0 Å². The molecule has 1 fully saturated rings. The number of nitrogens with zero attached hydrogens (tertiary/aromatic N) is 1. The molecule has 23 heavy (non-hydrogen) atoms. The third-order valence-electron chi connectivity index (χ3n) is 4.56. The number of benzene rings is 2. The molecular weight excluding hydrogens is 290 g/mol. The number of cyclic esters (lactones) is 1. The average molecular weight is 311 g/mol. The van der Waals surface area contributed by atoms with Crippen molar-refractivity contribution < 1.29 is 14.3 Å². The van der Waals surface area contributed by atoms with E-state index in [0.717, 1.165) is 16.3 Å². The zero-order valence-electron chi connectivity index (χ0n) is 13.7. The number of hydrogen-bond donors (Lipinski definition) is 0. The molecule has 4 heteroatoms. The van der Waals surface area contributed by atoms with Crippen LogP contribution in [0, 0.1) is 5.92 Å². The van der Waals surface area contributed by atoms with Gasteiger partial charge in [-0.3, -0.25) is 4.79 Å². The molecule has 1 heterocycles. The number of amides is 2. The normalized spacial score (nSPS) is 19.2. The van der Waals surface area contributed by atoms with E-state index in [4.69, 9.17) is 4.74 Å². The quantitative estimate of drug-likeness (QED) is 0.862. The number of fused-ring (bicyclic) bond motifs is 1. The van der Waals surface area contributed by atoms with E-state index >= 15 is 0 Å². The van der Waals surface area contributed by atoms with Gasteiger partial charge >= 0.3 is 6.09 Å². The lowest BCUT2D eigenvalue weighted by atomic mass is 9.95. The summed E-state index contributed by atoms with van der Waals surface area (Å²) in [6.45, 7) is 6.11. The van der Waals surface area contributed by atoms with Gasteiger partial charge < -0.3 is 4.74 Å². The molecule has 0 aromatic heterocycles. The van der Waals surface area contributed by atoms with Crippen molar-refractivity contribution in [3.8, 4) is 0 Å². The van der Waals surface area contributed by atoms with Crippen molar-refractivity contribution in [2.24, 2.45) is 5.92 Å². The molecule has 2 amide bonds. The van der Waals surface area contributed by atoms with Crippen LogP contribution in [0.1, 0.15) is 32.3 Å². The second kappa shape index (κ2) is 6.03. The summed E-state index contributed by atoms with van der Waals surface area (Å²) in [7, 11) is 0. The maximum absolute atomic E-state index is 12.8. The molecule has 1 aliphatic heterocycles. The summed E-state index contributed by atoms with van der Waals surface area (Å²) in [6, 6.07) is 13.8. The molecule has 1 aliphatic rings. The molecular formula is C19H21NO3. The van der Waals surface area contributed by atoms with Gasteiger partial charge in [0.1, 0.15) is 6.61 Å². The summed E-state index contributed by atoms with van der Waals surface area (Å²) >= 11 is 0. The Bertz CT molecular complexity index is 753. The molecule has 2 aromatic carbocycles. The second-order valence-corrected chi connectivity index (χ2v) is 6.42. The third-order valence-corrected chi connectivity index (χ3v) is 4.56. The van der Waals surface area contributed by atoms with Gasteiger partial charge in [0.25, 0.3) is 0 Å². The fourth-order valence-corrected chi connectivity index (χ4v) is 3.01. The molecule has 0 unspecified atom stereocenters. The average Bonchev–Trinajstić information content (AvgIpc) is 2.95. The van der Waals surface area contributed by atoms with Crippen LogP contribution < -0.4 is 0 Å². The van der Waals surface area contributed by atoms with Crippen molar-refractivity contribution in [1.82, 2.24) is 4.90 Å². The molecule has 1 saturated heterocycles. The third kappa shape index (κ3) is 2.81. The Morgan fingerprint density at radius 3 is 2.52 bits per heavy atom. The lowest BCUT2D eigenvalue weighted by Crippen LogP contribution is -2.43. The van der Waals surface area contributed by atoms with E-state index in [2.05, 4.69) is 0 Å². The van der Waals surface area contributed by atoms with Crippen LogP contribution in [0.3, 0.4) is 0 Å². The number of carbonyl (C=O) groups excluding carboxylic acids is 2. The van der Waals surface area contributed by atoms with E-state index in [1.807, 2.05) is 63.2 Å². The Labute approximate surface area is 136 Å². The van der Waals surface area contributed by atoms with Crippen LogP contribution >= 0.6 is 0 Å². The van der Waals surface area contributed by atoms with Gasteiger partial charge in [-0.05, 0) is 29.2 Å². The minimum absolute atomic E-state index is 0.175. The van der Waals surface area contributed by atoms with Gasteiger partial charge in [-0.15, -0.1) is 0 Å². The van der Waals surface area contributed by atoms with Crippen LogP contribution in [0.15, 0.2) is 42.5 Å². The Balaban J connectivity index is 1.89. The highest BCUT2D eigenvalue weighted by molar-refractivity contribution is 5.97. The first-order valence-electron chi connectivity index (χ1n) is 7.97. The Hall–Kier alpha value is -2.36. The Kier molecular flexibility index (Phi) is 4.07. The van der Waals surface area contributed by atoms with Crippen LogP contribution in [0.4, 0.5) is 4.79 Å². The minimum Gasteiger partial charge on any atom is -0.447 e. The van der Waals surface area contributed by atoms with E-state index in [0.29, 0.717) is 0 Å². The second-order valence-electron chi connectivity index (χ2n) is 6.42. The lowest BCUT2D eigenvalue weighted by Gasteiger charge is -2.25. The predicted molar refractivity (Wildman–Crippen MR) is 89.2 cm³/mol. The monoisotopic (exact) mass is 311 g/mol. The minimum atomic E-state index is -0.527. The topological polar surface area (TPSA) is 46.6 Å². The molecule has 0 spiro atoms. The largest absolute Gasteiger partial charge is 0.447 e. The van der Waals surface area contributed by atoms with Gasteiger partial charge in [0.15, 0.2) is 0 Å². The zero-order valence-corrected chi connectivity index (χ0v) is 13.7. The van der Waals surface area contributed by atoms with Crippen LogP contribution in [-0.4, -0.2) is 29.5 Å². The van der Waals surface area contributed by atoms with Gasteiger partial charge in [-0.1, -0.05) is 56.3 Å². The summed E-state index contributed by atoms with van der Waals surface area (Å²) in [5.74, 6) is -0.401. The SMILES string of the molecule is CC(C)[C@H]1COC(=O)N1C(=O)[C@@H](C)c1ccc2ccccc2c1. The summed E-state index contributed by atoms with van der Waals surface area (Å²) in [4.78, 5) is 26.1. The highest BCUT2D eigenvalue weighted by Crippen LogP contribution is 2.27. The van der Waals surface area contributed by atoms with Crippen molar-refractivity contribution in [2.75, 3.05) is 6.61 Å². The van der Waals surface area contributed by atoms with Gasteiger partial charge in [0.05, 0.1) is 12.0 Å². The Morgan fingerprint density at radius 1 is 1.13 bits per heavy atom. The fourth-order valence-electron chi connectivity index (χ4n) is 3.01. The molecule has 120 valence electrons. The molecule has 0 bridgehead atoms. The molecule has 0 radical (unpaired) electrons. The van der Waals surface area contributed by atoms with Crippen LogP contribution in [-0.2, 0) is 9.53 Å². The van der Waals surface area contributed by atoms with Crippen molar-refractivity contribution in [3.63, 3.8) is 0 Å². The predicted octanol–water partition coefficient (Wildman–Crippen LogP) is 3.95. The van der Waals surface area contributed by atoms with Crippen molar-refractivity contribution in [2.45, 2.75) is 32.7 Å². The first-order valence-corrected chi connectivity index (χ1v) is 7.97. The van der Waals surface area contributed by atoms with Crippen molar-refractivity contribution in [3.05, 3.63) is 48.0 Å². The maximum Gasteiger partial charge on any atom is 0.417 e. The van der Waals surface area contributed by atoms with Gasteiger partial charge in [-0.2, -0.15) is 0 Å². The van der Waals surface area contributed by atoms with E-state index in [-0.39, 0.29) is 30.4 Å². The number of hydrogen-bond acceptors (Lipinski definition) is 3. The van der Waals surface area contributed by atoms with E-state index in [1.165, 1.54) is 4.90 Å². The number of carbonyl (C=O) groups is 2. The first-order chi connectivity index (χ1) is 11.0. The molecule has 0 saturated carbocycles. The summed E-state index contributed by atoms with van der Waals surface area (Å²) in [5.41, 5.74) is 0.913. The zero-order chi connectivity index (χ0) is 16.6. The van der Waals surface area contributed by atoms with Gasteiger partial charge in [0.2, 0.25) is 5.91 Å². The van der Waals surface area contributed by atoms with Crippen LogP contribution in [0.5, 0.6) is 0 Å². The fraction of sp³-hybridized carbons (Fsp3) is 0.368. The van der Waals surface area contributed by atoms with Crippen molar-refractivity contribution >= 4 is 22.8 Å². The number of ether oxygens (including phenoxy) is 1. The lowest BCUT2D eigenvalue weighted by molar-refractivity contribution is -0.131. The molecule has 4 nitrogen and oxygen atoms in total. The van der Waals surface area contributed by atoms with Gasteiger partial charge in [-0.25, -0.2) is 9.69 Å². The van der Waals surface area contributed by atoms with Crippen LogP contribution in [0.2, 0.25) is 0 Å². The van der Waals surface area contributed by atoms with Gasteiger partial charge in [0, 0.05) is 0 Å². The molecule has 2 aromatic rings. The number of imide groups is 1. The molecule has 0 aliphatic carbocycles. The number of rotatable bonds is 3. The van der Waals surface area contributed by atoms with E-state index < -0.39 is 6.09 Å². The smallest absolute Gasteiger partial charge is 0.417 e. The summed E-state index contributed by atoms with van der Waals surface area (Å²) < 4.78 is 5.08. The molecule has 3 rings (SSSR count). The summed E-state index contributed by atoms with van der Waals surface area (Å²) in [5, 5.41) is 2.23. The Morgan fingerprint density at radius 2 is 1.83 bits per heavy atom. The standard InChI is InChI=1S/C19H21NO3/c1-12(2)17-11-23-19(22)20(17)18(21)13(3)15-9-8-14-6-4-5-7-16(14)10-15/h4-10,12-13,17H,11H2,1-3H3/t13-,17+/m0/s1. The summed E-state index contributed by atoms with van der Waals surface area (Å²) in [6.07, 6.45) is -0.527. The molecule has 2 atom stereocenters. The highest BCUT2D eigenvalue weighted by atomic mass is 16.6. The molecule has 0 N–H and O–H groups in total. The van der Waals surface area contributed by atoms with Crippen LogP contribution in [0.25, 0.3) is 10.8 Å². The van der Waals surface area contributed by atoms with Crippen molar-refractivity contribution in [1.29, 1.82) is 0 Å². The van der Waals surface area contributed by atoms with E-state index in [9.17, 15) is 9.59 Å². The first kappa shape index (κ1) is 15.5. The maximum atomic E-state index is 12.8.